The molecule has 5 heteroatoms. The Bertz CT molecular complexity index is 452. The molecule has 2 unspecified atom stereocenters. The summed E-state index contributed by atoms with van der Waals surface area (Å²) in [6.07, 6.45) is 1.97. The fourth-order valence-corrected chi connectivity index (χ4v) is 2.49. The van der Waals surface area contributed by atoms with E-state index in [9.17, 15) is 9.18 Å². The minimum Gasteiger partial charge on any atom is -0.336 e. The van der Waals surface area contributed by atoms with Crippen molar-refractivity contribution in [3.63, 3.8) is 0 Å². The molecule has 2 rings (SSSR count). The number of amides is 1. The predicted molar refractivity (Wildman–Crippen MR) is 63.5 cm³/mol. The number of hydrogen-bond donors (Lipinski definition) is 0. The van der Waals surface area contributed by atoms with Crippen LogP contribution in [0.25, 0.3) is 0 Å². The lowest BCUT2D eigenvalue weighted by molar-refractivity contribution is 0.0743. The standard InChI is InChI=1S/C12H14ClFN2O/c1-7-3-8(2)16(6-7)12(17)10-4-9(14)5-15-11(10)13/h4-5,7-8H,3,6H2,1-2H3. The molecule has 1 aliphatic rings. The number of likely N-dealkylation sites (tertiary alicyclic amines) is 1. The average molecular weight is 257 g/mol. The number of rotatable bonds is 1. The zero-order chi connectivity index (χ0) is 12.6. The molecule has 3 nitrogen and oxygen atoms in total. The highest BCUT2D eigenvalue weighted by Crippen LogP contribution is 2.26. The van der Waals surface area contributed by atoms with Crippen LogP contribution >= 0.6 is 11.6 Å². The Morgan fingerprint density at radius 3 is 2.88 bits per heavy atom. The largest absolute Gasteiger partial charge is 0.336 e. The molecule has 1 aromatic rings. The van der Waals surface area contributed by atoms with E-state index in [4.69, 9.17) is 11.6 Å². The summed E-state index contributed by atoms with van der Waals surface area (Å²) in [6, 6.07) is 1.31. The van der Waals surface area contributed by atoms with Crippen molar-refractivity contribution in [3.05, 3.63) is 28.8 Å². The number of pyridine rings is 1. The molecule has 2 atom stereocenters. The first-order valence-corrected chi connectivity index (χ1v) is 5.99. The molecule has 1 fully saturated rings. The molecule has 0 bridgehead atoms. The summed E-state index contributed by atoms with van der Waals surface area (Å²) < 4.78 is 13.1. The quantitative estimate of drug-likeness (QED) is 0.724. The second-order valence-corrected chi connectivity index (χ2v) is 5.00. The maximum Gasteiger partial charge on any atom is 0.257 e. The van der Waals surface area contributed by atoms with Gasteiger partial charge in [0.2, 0.25) is 0 Å². The van der Waals surface area contributed by atoms with Crippen molar-refractivity contribution < 1.29 is 9.18 Å². The Morgan fingerprint density at radius 2 is 2.29 bits per heavy atom. The maximum atomic E-state index is 13.1. The highest BCUT2D eigenvalue weighted by Gasteiger charge is 2.31. The van der Waals surface area contributed by atoms with E-state index in [0.29, 0.717) is 12.5 Å². The summed E-state index contributed by atoms with van der Waals surface area (Å²) in [5.41, 5.74) is 0.146. The topological polar surface area (TPSA) is 33.2 Å². The van der Waals surface area contributed by atoms with E-state index in [1.54, 1.807) is 4.90 Å². The van der Waals surface area contributed by atoms with Gasteiger partial charge in [-0.1, -0.05) is 18.5 Å². The van der Waals surface area contributed by atoms with Gasteiger partial charge in [0.25, 0.3) is 5.91 Å². The summed E-state index contributed by atoms with van der Waals surface area (Å²) in [5.74, 6) is -0.314. The number of nitrogens with zero attached hydrogens (tertiary/aromatic N) is 2. The van der Waals surface area contributed by atoms with Crippen LogP contribution in [0.3, 0.4) is 0 Å². The minimum atomic E-state index is -0.544. The van der Waals surface area contributed by atoms with Crippen molar-refractivity contribution >= 4 is 17.5 Å². The van der Waals surface area contributed by atoms with E-state index in [1.165, 1.54) is 0 Å². The Hall–Kier alpha value is -1.16. The molecule has 17 heavy (non-hydrogen) atoms. The lowest BCUT2D eigenvalue weighted by Crippen LogP contribution is -2.34. The van der Waals surface area contributed by atoms with Gasteiger partial charge < -0.3 is 4.90 Å². The summed E-state index contributed by atoms with van der Waals surface area (Å²) >= 11 is 5.83. The fourth-order valence-electron chi connectivity index (χ4n) is 2.31. The molecule has 0 aromatic carbocycles. The molecule has 92 valence electrons. The lowest BCUT2D eigenvalue weighted by atomic mass is 10.1. The van der Waals surface area contributed by atoms with Gasteiger partial charge in [-0.15, -0.1) is 0 Å². The van der Waals surface area contributed by atoms with Crippen molar-refractivity contribution in [1.82, 2.24) is 9.88 Å². The second-order valence-electron chi connectivity index (χ2n) is 4.64. The Kier molecular flexibility index (Phi) is 3.33. The molecule has 0 radical (unpaired) electrons. The van der Waals surface area contributed by atoms with Crippen LogP contribution in [0.4, 0.5) is 4.39 Å². The van der Waals surface area contributed by atoms with E-state index in [0.717, 1.165) is 18.7 Å². The number of hydrogen-bond acceptors (Lipinski definition) is 2. The lowest BCUT2D eigenvalue weighted by Gasteiger charge is -2.21. The maximum absolute atomic E-state index is 13.1. The van der Waals surface area contributed by atoms with E-state index in [1.807, 2.05) is 6.92 Å². The summed E-state index contributed by atoms with van der Waals surface area (Å²) in [4.78, 5) is 17.6. The molecule has 1 aromatic heterocycles. The third-order valence-corrected chi connectivity index (χ3v) is 3.38. The molecule has 1 aliphatic heterocycles. The van der Waals surface area contributed by atoms with Crippen molar-refractivity contribution in [2.45, 2.75) is 26.3 Å². The van der Waals surface area contributed by atoms with Crippen LogP contribution in [0.2, 0.25) is 5.15 Å². The number of carbonyl (C=O) groups is 1. The summed E-state index contributed by atoms with van der Waals surface area (Å²) in [5, 5.41) is 0.0585. The van der Waals surface area contributed by atoms with Gasteiger partial charge in [-0.05, 0) is 25.3 Å². The van der Waals surface area contributed by atoms with Crippen molar-refractivity contribution in [3.8, 4) is 0 Å². The number of halogens is 2. The van der Waals surface area contributed by atoms with Gasteiger partial charge in [-0.2, -0.15) is 0 Å². The van der Waals surface area contributed by atoms with E-state index in [2.05, 4.69) is 11.9 Å². The third-order valence-electron chi connectivity index (χ3n) is 3.08. The van der Waals surface area contributed by atoms with Gasteiger partial charge in [0.1, 0.15) is 11.0 Å². The smallest absolute Gasteiger partial charge is 0.257 e. The van der Waals surface area contributed by atoms with Crippen LogP contribution in [-0.4, -0.2) is 28.4 Å². The van der Waals surface area contributed by atoms with Crippen LogP contribution < -0.4 is 0 Å². The van der Waals surface area contributed by atoms with Gasteiger partial charge in [-0.25, -0.2) is 9.37 Å². The fraction of sp³-hybridized carbons (Fsp3) is 0.500. The highest BCUT2D eigenvalue weighted by molar-refractivity contribution is 6.32. The molecule has 1 saturated heterocycles. The molecule has 0 N–H and O–H groups in total. The van der Waals surface area contributed by atoms with E-state index < -0.39 is 5.82 Å². The minimum absolute atomic E-state index is 0.0585. The zero-order valence-corrected chi connectivity index (χ0v) is 10.5. The molecule has 2 heterocycles. The molecule has 0 aliphatic carbocycles. The van der Waals surface area contributed by atoms with Crippen LogP contribution in [0.1, 0.15) is 30.6 Å². The van der Waals surface area contributed by atoms with Crippen LogP contribution in [-0.2, 0) is 0 Å². The van der Waals surface area contributed by atoms with E-state index >= 15 is 0 Å². The average Bonchev–Trinajstić information content (AvgIpc) is 2.60. The van der Waals surface area contributed by atoms with Gasteiger partial charge in [-0.3, -0.25) is 4.79 Å². The molecule has 0 saturated carbocycles. The second kappa shape index (κ2) is 4.61. The van der Waals surface area contributed by atoms with Crippen molar-refractivity contribution in [2.24, 2.45) is 5.92 Å². The van der Waals surface area contributed by atoms with Crippen LogP contribution in [0, 0.1) is 11.7 Å². The first-order valence-electron chi connectivity index (χ1n) is 5.61. The normalized spacial score (nSPS) is 24.1. The molecular formula is C12H14ClFN2O. The predicted octanol–water partition coefficient (Wildman–Crippen LogP) is 2.74. The van der Waals surface area contributed by atoms with Crippen molar-refractivity contribution in [2.75, 3.05) is 6.54 Å². The van der Waals surface area contributed by atoms with Gasteiger partial charge in [0.05, 0.1) is 11.8 Å². The first kappa shape index (κ1) is 12.3. The number of carbonyl (C=O) groups excluding carboxylic acids is 1. The van der Waals surface area contributed by atoms with Gasteiger partial charge in [0.15, 0.2) is 0 Å². The Balaban J connectivity index is 2.28. The summed E-state index contributed by atoms with van der Waals surface area (Å²) in [6.45, 7) is 4.77. The van der Waals surface area contributed by atoms with Gasteiger partial charge in [0, 0.05) is 12.6 Å². The monoisotopic (exact) mass is 256 g/mol. The van der Waals surface area contributed by atoms with E-state index in [-0.39, 0.29) is 22.7 Å². The van der Waals surface area contributed by atoms with Crippen LogP contribution in [0.15, 0.2) is 12.3 Å². The van der Waals surface area contributed by atoms with Crippen molar-refractivity contribution in [1.29, 1.82) is 0 Å². The Morgan fingerprint density at radius 1 is 1.59 bits per heavy atom. The molecule has 1 amide bonds. The van der Waals surface area contributed by atoms with Crippen LogP contribution in [0.5, 0.6) is 0 Å². The highest BCUT2D eigenvalue weighted by atomic mass is 35.5. The zero-order valence-electron chi connectivity index (χ0n) is 9.78. The van der Waals surface area contributed by atoms with Gasteiger partial charge >= 0.3 is 0 Å². The summed E-state index contributed by atoms with van der Waals surface area (Å²) in [7, 11) is 0. The molecular weight excluding hydrogens is 243 g/mol. The molecule has 0 spiro atoms. The number of aromatic nitrogens is 1. The SMILES string of the molecule is CC1CC(C)N(C(=O)c2cc(F)cnc2Cl)C1. The third kappa shape index (κ3) is 2.41. The Labute approximate surface area is 105 Å². The first-order chi connectivity index (χ1) is 7.99.